The van der Waals surface area contributed by atoms with Crippen LogP contribution < -0.4 is 0 Å². The first-order valence-corrected chi connectivity index (χ1v) is 8.10. The fraction of sp³-hybridized carbons (Fsp3) is 0.571. The molecule has 0 aromatic carbocycles. The number of rotatable bonds is 3. The average Bonchev–Trinajstić information content (AvgIpc) is 3.05. The second-order valence-corrected chi connectivity index (χ2v) is 7.06. The van der Waals surface area contributed by atoms with E-state index in [1.54, 1.807) is 16.0 Å². The summed E-state index contributed by atoms with van der Waals surface area (Å²) >= 11 is 8.21. The van der Waals surface area contributed by atoms with Gasteiger partial charge in [-0.3, -0.25) is 9.58 Å². The van der Waals surface area contributed by atoms with Crippen LogP contribution >= 0.6 is 22.9 Å². The molecule has 0 unspecified atom stereocenters. The molecule has 0 aliphatic carbocycles. The van der Waals surface area contributed by atoms with Crippen LogP contribution in [0.25, 0.3) is 0 Å². The lowest BCUT2D eigenvalue weighted by Gasteiger charge is -2.23. The van der Waals surface area contributed by atoms with E-state index in [-0.39, 0.29) is 0 Å². The van der Waals surface area contributed by atoms with Crippen LogP contribution in [-0.2, 0) is 13.6 Å². The molecule has 0 spiro atoms. The molecule has 1 saturated heterocycles. The lowest BCUT2D eigenvalue weighted by Crippen LogP contribution is -2.22. The zero-order valence-electron chi connectivity index (χ0n) is 12.1. The number of aromatic nitrogens is 3. The van der Waals surface area contributed by atoms with E-state index in [0.29, 0.717) is 6.04 Å². The van der Waals surface area contributed by atoms with E-state index in [2.05, 4.69) is 28.8 Å². The van der Waals surface area contributed by atoms with Gasteiger partial charge in [0.25, 0.3) is 0 Å². The molecule has 0 bridgehead atoms. The minimum atomic E-state index is 0.388. The van der Waals surface area contributed by atoms with E-state index in [1.807, 2.05) is 13.2 Å². The zero-order chi connectivity index (χ0) is 14.3. The lowest BCUT2D eigenvalue weighted by molar-refractivity contribution is 0.250. The van der Waals surface area contributed by atoms with Gasteiger partial charge in [0.15, 0.2) is 0 Å². The maximum absolute atomic E-state index is 6.43. The number of hydrogen-bond acceptors (Lipinski definition) is 4. The molecule has 0 N–H and O–H groups in total. The van der Waals surface area contributed by atoms with Gasteiger partial charge in [0.05, 0.1) is 10.7 Å². The van der Waals surface area contributed by atoms with Crippen LogP contribution in [-0.4, -0.2) is 26.2 Å². The van der Waals surface area contributed by atoms with Crippen molar-refractivity contribution in [2.45, 2.75) is 39.3 Å². The average molecular weight is 311 g/mol. The Morgan fingerprint density at radius 1 is 1.45 bits per heavy atom. The number of hydrogen-bond donors (Lipinski definition) is 0. The van der Waals surface area contributed by atoms with Gasteiger partial charge in [-0.1, -0.05) is 11.6 Å². The van der Waals surface area contributed by atoms with Gasteiger partial charge >= 0.3 is 0 Å². The normalized spacial score (nSPS) is 19.9. The molecule has 0 amide bonds. The van der Waals surface area contributed by atoms with Gasteiger partial charge in [0.2, 0.25) is 0 Å². The summed E-state index contributed by atoms with van der Waals surface area (Å²) in [4.78, 5) is 8.17. The summed E-state index contributed by atoms with van der Waals surface area (Å²) in [5, 5.41) is 6.36. The minimum absolute atomic E-state index is 0.388. The monoisotopic (exact) mass is 310 g/mol. The van der Waals surface area contributed by atoms with Gasteiger partial charge in [0, 0.05) is 36.3 Å². The maximum atomic E-state index is 6.43. The van der Waals surface area contributed by atoms with Crippen molar-refractivity contribution in [3.63, 3.8) is 0 Å². The highest BCUT2D eigenvalue weighted by molar-refractivity contribution is 7.11. The number of thiazole rings is 1. The Morgan fingerprint density at radius 3 is 2.85 bits per heavy atom. The fourth-order valence-corrected chi connectivity index (χ4v) is 4.17. The van der Waals surface area contributed by atoms with Crippen molar-refractivity contribution >= 4 is 22.9 Å². The molecule has 3 heterocycles. The molecule has 6 heteroatoms. The summed E-state index contributed by atoms with van der Waals surface area (Å²) in [6.07, 6.45) is 4.37. The predicted molar refractivity (Wildman–Crippen MR) is 82.2 cm³/mol. The third-order valence-electron chi connectivity index (χ3n) is 3.92. The van der Waals surface area contributed by atoms with Crippen molar-refractivity contribution in [2.75, 3.05) is 6.54 Å². The minimum Gasteiger partial charge on any atom is -0.291 e. The second-order valence-electron chi connectivity index (χ2n) is 5.39. The zero-order valence-corrected chi connectivity index (χ0v) is 13.6. The third-order valence-corrected chi connectivity index (χ3v) is 5.27. The first-order valence-electron chi connectivity index (χ1n) is 6.90. The summed E-state index contributed by atoms with van der Waals surface area (Å²) < 4.78 is 1.78. The van der Waals surface area contributed by atoms with E-state index >= 15 is 0 Å². The van der Waals surface area contributed by atoms with E-state index < -0.39 is 0 Å². The van der Waals surface area contributed by atoms with Gasteiger partial charge in [0.1, 0.15) is 5.15 Å². The predicted octanol–water partition coefficient (Wildman–Crippen LogP) is 3.48. The first kappa shape index (κ1) is 14.0. The van der Waals surface area contributed by atoms with Gasteiger partial charge in [-0.15, -0.1) is 11.3 Å². The highest BCUT2D eigenvalue weighted by atomic mass is 35.5. The fourth-order valence-electron chi connectivity index (χ4n) is 3.05. The molecule has 0 saturated carbocycles. The highest BCUT2D eigenvalue weighted by Gasteiger charge is 2.31. The van der Waals surface area contributed by atoms with Crippen molar-refractivity contribution in [1.29, 1.82) is 0 Å². The molecule has 2 aromatic heterocycles. The molecular weight excluding hydrogens is 292 g/mol. The highest BCUT2D eigenvalue weighted by Crippen LogP contribution is 2.38. The molecule has 4 nitrogen and oxygen atoms in total. The Bertz CT molecular complexity index is 619. The Balaban J connectivity index is 1.85. The van der Waals surface area contributed by atoms with Gasteiger partial charge in [-0.25, -0.2) is 4.98 Å². The van der Waals surface area contributed by atoms with Crippen LogP contribution in [0.4, 0.5) is 0 Å². The first-order chi connectivity index (χ1) is 9.56. The van der Waals surface area contributed by atoms with Crippen LogP contribution in [0.5, 0.6) is 0 Å². The molecule has 2 aromatic rings. The molecule has 3 rings (SSSR count). The Hall–Kier alpha value is -0.910. The Kier molecular flexibility index (Phi) is 3.84. The third kappa shape index (κ3) is 2.50. The van der Waals surface area contributed by atoms with E-state index in [4.69, 9.17) is 11.6 Å². The van der Waals surface area contributed by atoms with Crippen molar-refractivity contribution in [3.05, 3.63) is 32.5 Å². The molecule has 108 valence electrons. The topological polar surface area (TPSA) is 34.0 Å². The molecule has 1 atom stereocenters. The van der Waals surface area contributed by atoms with Crippen molar-refractivity contribution in [2.24, 2.45) is 7.05 Å². The van der Waals surface area contributed by atoms with Gasteiger partial charge in [-0.05, 0) is 33.2 Å². The maximum Gasteiger partial charge on any atom is 0.131 e. The van der Waals surface area contributed by atoms with Crippen molar-refractivity contribution < 1.29 is 0 Å². The molecule has 1 aliphatic rings. The van der Waals surface area contributed by atoms with E-state index in [0.717, 1.165) is 35.4 Å². The number of nitrogens with zero attached hydrogens (tertiary/aromatic N) is 4. The standard InChI is InChI=1S/C14H19ClN4S/c1-9-13(14(15)18(3)17-9)12-5-4-6-19(12)8-11-7-16-10(2)20-11/h7,12H,4-6,8H2,1-3H3/t12-/m1/s1. The van der Waals surface area contributed by atoms with Crippen LogP contribution in [0.1, 0.15) is 40.0 Å². The number of halogens is 1. The summed E-state index contributed by atoms with van der Waals surface area (Å²) in [6, 6.07) is 0.388. The van der Waals surface area contributed by atoms with Gasteiger partial charge < -0.3 is 0 Å². The quantitative estimate of drug-likeness (QED) is 0.870. The molecule has 20 heavy (non-hydrogen) atoms. The van der Waals surface area contributed by atoms with Crippen LogP contribution in [0.15, 0.2) is 6.20 Å². The van der Waals surface area contributed by atoms with Crippen LogP contribution in [0.3, 0.4) is 0 Å². The summed E-state index contributed by atoms with van der Waals surface area (Å²) in [6.45, 7) is 6.18. The summed E-state index contributed by atoms with van der Waals surface area (Å²) in [5.41, 5.74) is 2.25. The van der Waals surface area contributed by atoms with Crippen molar-refractivity contribution in [3.8, 4) is 0 Å². The number of likely N-dealkylation sites (tertiary alicyclic amines) is 1. The molecule has 1 aliphatic heterocycles. The Morgan fingerprint density at radius 2 is 2.25 bits per heavy atom. The van der Waals surface area contributed by atoms with Crippen LogP contribution in [0.2, 0.25) is 5.15 Å². The molecule has 1 fully saturated rings. The SMILES string of the molecule is Cc1ncc(CN2CCC[C@@H]2c2c(C)nn(C)c2Cl)s1. The van der Waals surface area contributed by atoms with E-state index in [1.165, 1.54) is 16.9 Å². The van der Waals surface area contributed by atoms with Crippen LogP contribution in [0, 0.1) is 13.8 Å². The lowest BCUT2D eigenvalue weighted by atomic mass is 10.1. The van der Waals surface area contributed by atoms with Gasteiger partial charge in [-0.2, -0.15) is 5.10 Å². The summed E-state index contributed by atoms with van der Waals surface area (Å²) in [7, 11) is 1.91. The summed E-state index contributed by atoms with van der Waals surface area (Å²) in [5.74, 6) is 0. The second kappa shape index (κ2) is 5.47. The van der Waals surface area contributed by atoms with Crippen molar-refractivity contribution in [1.82, 2.24) is 19.7 Å². The largest absolute Gasteiger partial charge is 0.291 e. The molecular formula is C14H19ClN4S. The van der Waals surface area contributed by atoms with E-state index in [9.17, 15) is 0 Å². The number of aryl methyl sites for hydroxylation is 3. The Labute approximate surface area is 128 Å². The molecule has 0 radical (unpaired) electrons. The smallest absolute Gasteiger partial charge is 0.131 e.